The molecule has 1 aromatic rings. The first-order valence-electron chi connectivity index (χ1n) is 5.37. The Balaban J connectivity index is 2.30. The van der Waals surface area contributed by atoms with E-state index in [1.165, 1.54) is 12.0 Å². The lowest BCUT2D eigenvalue weighted by atomic mass is 9.96. The van der Waals surface area contributed by atoms with E-state index in [2.05, 4.69) is 24.3 Å². The molecule has 3 nitrogen and oxygen atoms in total. The van der Waals surface area contributed by atoms with E-state index < -0.39 is 0 Å². The van der Waals surface area contributed by atoms with Gasteiger partial charge in [-0.3, -0.25) is 0 Å². The minimum atomic E-state index is 0.472. The van der Waals surface area contributed by atoms with Crippen LogP contribution in [0.5, 0.6) is 0 Å². The van der Waals surface area contributed by atoms with Crippen LogP contribution in [0.4, 0.5) is 0 Å². The first-order valence-corrected chi connectivity index (χ1v) is 5.37. The molecular weight excluding hydrogens is 176 g/mol. The molecule has 1 heterocycles. The molecule has 78 valence electrons. The molecule has 14 heavy (non-hydrogen) atoms. The summed E-state index contributed by atoms with van der Waals surface area (Å²) in [5, 5.41) is 7.40. The van der Waals surface area contributed by atoms with Gasteiger partial charge in [-0.05, 0) is 19.4 Å². The first-order chi connectivity index (χ1) is 6.74. The van der Waals surface area contributed by atoms with Crippen molar-refractivity contribution in [2.45, 2.75) is 38.5 Å². The Morgan fingerprint density at radius 2 is 2.36 bits per heavy atom. The van der Waals surface area contributed by atoms with Gasteiger partial charge in [0.1, 0.15) is 5.76 Å². The quantitative estimate of drug-likeness (QED) is 0.800. The Kier molecular flexibility index (Phi) is 2.59. The molecule has 1 aliphatic rings. The Morgan fingerprint density at radius 1 is 1.57 bits per heavy atom. The number of likely N-dealkylation sites (N-methyl/N-ethyl adjacent to an activating group) is 1. The van der Waals surface area contributed by atoms with E-state index in [4.69, 9.17) is 4.52 Å². The molecule has 1 aliphatic carbocycles. The van der Waals surface area contributed by atoms with Crippen LogP contribution in [0.2, 0.25) is 0 Å². The van der Waals surface area contributed by atoms with Gasteiger partial charge in [-0.25, -0.2) is 0 Å². The van der Waals surface area contributed by atoms with Crippen molar-refractivity contribution in [3.05, 3.63) is 17.0 Å². The molecule has 1 atom stereocenters. The normalized spacial score (nSPS) is 20.4. The summed E-state index contributed by atoms with van der Waals surface area (Å²) in [6, 6.07) is 0. The number of rotatable bonds is 3. The summed E-state index contributed by atoms with van der Waals surface area (Å²) in [7, 11) is 2.00. The predicted octanol–water partition coefficient (Wildman–Crippen LogP) is 2.05. The number of aryl methyl sites for hydroxylation is 1. The summed E-state index contributed by atoms with van der Waals surface area (Å²) in [6.07, 6.45) is 2.26. The molecule has 0 fully saturated rings. The van der Waals surface area contributed by atoms with E-state index in [1.807, 2.05) is 7.05 Å². The largest absolute Gasteiger partial charge is 0.361 e. The van der Waals surface area contributed by atoms with Gasteiger partial charge in [0.2, 0.25) is 0 Å². The molecule has 1 unspecified atom stereocenters. The van der Waals surface area contributed by atoms with Gasteiger partial charge in [-0.2, -0.15) is 0 Å². The smallest absolute Gasteiger partial charge is 0.140 e. The predicted molar refractivity (Wildman–Crippen MR) is 55.6 cm³/mol. The van der Waals surface area contributed by atoms with Crippen LogP contribution in [0.3, 0.4) is 0 Å². The molecule has 0 saturated carbocycles. The van der Waals surface area contributed by atoms with Crippen molar-refractivity contribution in [3.63, 3.8) is 0 Å². The molecule has 2 rings (SSSR count). The molecule has 0 spiro atoms. The van der Waals surface area contributed by atoms with Gasteiger partial charge in [-0.15, -0.1) is 0 Å². The van der Waals surface area contributed by atoms with Gasteiger partial charge in [-0.1, -0.05) is 19.0 Å². The lowest BCUT2D eigenvalue weighted by Crippen LogP contribution is -2.16. The number of fused-ring (bicyclic) bond motifs is 1. The minimum absolute atomic E-state index is 0.472. The zero-order chi connectivity index (χ0) is 10.1. The third kappa shape index (κ3) is 1.46. The highest BCUT2D eigenvalue weighted by molar-refractivity contribution is 5.33. The average Bonchev–Trinajstić information content (AvgIpc) is 2.67. The van der Waals surface area contributed by atoms with E-state index in [9.17, 15) is 0 Å². The van der Waals surface area contributed by atoms with E-state index in [0.29, 0.717) is 11.8 Å². The SMILES string of the molecule is CNCC1CCc2onc(C(C)C)c21. The third-order valence-corrected chi connectivity index (χ3v) is 2.96. The number of hydrogen-bond acceptors (Lipinski definition) is 3. The van der Waals surface area contributed by atoms with Gasteiger partial charge in [0, 0.05) is 24.4 Å². The second kappa shape index (κ2) is 3.73. The van der Waals surface area contributed by atoms with Crippen molar-refractivity contribution in [1.82, 2.24) is 10.5 Å². The fourth-order valence-corrected chi connectivity index (χ4v) is 2.28. The van der Waals surface area contributed by atoms with Gasteiger partial charge in [0.05, 0.1) is 5.69 Å². The Labute approximate surface area is 84.9 Å². The van der Waals surface area contributed by atoms with Gasteiger partial charge >= 0.3 is 0 Å². The molecule has 0 bridgehead atoms. The molecule has 3 heteroatoms. The van der Waals surface area contributed by atoms with Crippen LogP contribution < -0.4 is 5.32 Å². The van der Waals surface area contributed by atoms with Crippen molar-refractivity contribution in [2.75, 3.05) is 13.6 Å². The number of aromatic nitrogens is 1. The fraction of sp³-hybridized carbons (Fsp3) is 0.727. The fourth-order valence-electron chi connectivity index (χ4n) is 2.28. The molecular formula is C11H18N2O. The molecule has 0 saturated heterocycles. The summed E-state index contributed by atoms with van der Waals surface area (Å²) in [6.45, 7) is 5.38. The average molecular weight is 194 g/mol. The molecule has 0 aliphatic heterocycles. The topological polar surface area (TPSA) is 38.1 Å². The van der Waals surface area contributed by atoms with Crippen molar-refractivity contribution in [1.29, 1.82) is 0 Å². The van der Waals surface area contributed by atoms with Crippen LogP contribution in [-0.2, 0) is 6.42 Å². The second-order valence-electron chi connectivity index (χ2n) is 4.35. The molecule has 0 aromatic carbocycles. The summed E-state index contributed by atoms with van der Waals surface area (Å²) in [4.78, 5) is 0. The summed E-state index contributed by atoms with van der Waals surface area (Å²) < 4.78 is 5.37. The molecule has 1 N–H and O–H groups in total. The van der Waals surface area contributed by atoms with E-state index >= 15 is 0 Å². The Hall–Kier alpha value is -0.830. The van der Waals surface area contributed by atoms with Crippen LogP contribution in [0, 0.1) is 0 Å². The van der Waals surface area contributed by atoms with Crippen LogP contribution in [-0.4, -0.2) is 18.7 Å². The van der Waals surface area contributed by atoms with Crippen molar-refractivity contribution >= 4 is 0 Å². The lowest BCUT2D eigenvalue weighted by Gasteiger charge is -2.11. The van der Waals surface area contributed by atoms with Gasteiger partial charge in [0.25, 0.3) is 0 Å². The number of hydrogen-bond donors (Lipinski definition) is 1. The van der Waals surface area contributed by atoms with E-state index in [1.54, 1.807) is 0 Å². The summed E-state index contributed by atoms with van der Waals surface area (Å²) >= 11 is 0. The van der Waals surface area contributed by atoms with Crippen LogP contribution >= 0.6 is 0 Å². The summed E-state index contributed by atoms with van der Waals surface area (Å²) in [5.41, 5.74) is 2.55. The van der Waals surface area contributed by atoms with Crippen molar-refractivity contribution in [3.8, 4) is 0 Å². The molecule has 1 aromatic heterocycles. The van der Waals surface area contributed by atoms with E-state index in [0.717, 1.165) is 24.4 Å². The minimum Gasteiger partial charge on any atom is -0.361 e. The zero-order valence-corrected chi connectivity index (χ0v) is 9.13. The Bertz CT molecular complexity index is 317. The Morgan fingerprint density at radius 3 is 3.00 bits per heavy atom. The van der Waals surface area contributed by atoms with Crippen LogP contribution in [0.25, 0.3) is 0 Å². The van der Waals surface area contributed by atoms with Crippen LogP contribution in [0.1, 0.15) is 49.1 Å². The monoisotopic (exact) mass is 194 g/mol. The standard InChI is InChI=1S/C11H18N2O/c1-7(2)11-10-8(6-12-3)4-5-9(10)14-13-11/h7-8,12H,4-6H2,1-3H3. The number of nitrogens with one attached hydrogen (secondary N) is 1. The number of nitrogens with zero attached hydrogens (tertiary/aromatic N) is 1. The van der Waals surface area contributed by atoms with Crippen molar-refractivity contribution < 1.29 is 4.52 Å². The van der Waals surface area contributed by atoms with Crippen LogP contribution in [0.15, 0.2) is 4.52 Å². The maximum absolute atomic E-state index is 5.37. The first kappa shape index (κ1) is 9.71. The highest BCUT2D eigenvalue weighted by Crippen LogP contribution is 2.37. The maximum Gasteiger partial charge on any atom is 0.140 e. The maximum atomic E-state index is 5.37. The van der Waals surface area contributed by atoms with Gasteiger partial charge < -0.3 is 9.84 Å². The zero-order valence-electron chi connectivity index (χ0n) is 9.13. The van der Waals surface area contributed by atoms with E-state index in [-0.39, 0.29) is 0 Å². The highest BCUT2D eigenvalue weighted by Gasteiger charge is 2.30. The summed E-state index contributed by atoms with van der Waals surface area (Å²) in [5.74, 6) is 2.20. The van der Waals surface area contributed by atoms with Gasteiger partial charge in [0.15, 0.2) is 0 Å². The molecule has 0 amide bonds. The third-order valence-electron chi connectivity index (χ3n) is 2.96. The van der Waals surface area contributed by atoms with Crippen molar-refractivity contribution in [2.24, 2.45) is 0 Å². The highest BCUT2D eigenvalue weighted by atomic mass is 16.5. The second-order valence-corrected chi connectivity index (χ2v) is 4.35. The molecule has 0 radical (unpaired) electrons. The lowest BCUT2D eigenvalue weighted by molar-refractivity contribution is 0.375.